The van der Waals surface area contributed by atoms with Crippen molar-refractivity contribution in [2.75, 3.05) is 13.1 Å². The number of nitrogens with one attached hydrogen (secondary N) is 2. The molecule has 3 heterocycles. The summed E-state index contributed by atoms with van der Waals surface area (Å²) in [6.07, 6.45) is 2.23. The molecule has 0 saturated carbocycles. The van der Waals surface area contributed by atoms with Gasteiger partial charge < -0.3 is 5.32 Å². The van der Waals surface area contributed by atoms with Gasteiger partial charge in [-0.3, -0.25) is 10.1 Å². The average molecular weight is 346 g/mol. The maximum absolute atomic E-state index is 4.58. The van der Waals surface area contributed by atoms with E-state index in [0.717, 1.165) is 43.0 Å². The van der Waals surface area contributed by atoms with E-state index in [2.05, 4.69) is 57.8 Å². The van der Waals surface area contributed by atoms with Crippen LogP contribution in [-0.4, -0.2) is 28.3 Å². The zero-order chi connectivity index (χ0) is 17.9. The van der Waals surface area contributed by atoms with Crippen LogP contribution in [0.5, 0.6) is 0 Å². The largest absolute Gasteiger partial charge is 0.315 e. The number of benzene rings is 1. The smallest absolute Gasteiger partial charge is 0.111 e. The zero-order valence-electron chi connectivity index (χ0n) is 15.5. The molecule has 1 fully saturated rings. The molecule has 2 aromatic heterocycles. The predicted molar refractivity (Wildman–Crippen MR) is 105 cm³/mol. The fraction of sp³-hybridized carbons (Fsp3) is 0.364. The van der Waals surface area contributed by atoms with Gasteiger partial charge in [0.1, 0.15) is 5.69 Å². The minimum atomic E-state index is 0.450. The lowest BCUT2D eigenvalue weighted by molar-refractivity contribution is 0.407. The van der Waals surface area contributed by atoms with Crippen molar-refractivity contribution in [3.8, 4) is 11.4 Å². The molecule has 1 aliphatic rings. The van der Waals surface area contributed by atoms with Gasteiger partial charge in [0.2, 0.25) is 0 Å². The number of nitrogens with zero attached hydrogens (tertiary/aromatic N) is 2. The van der Waals surface area contributed by atoms with Crippen LogP contribution in [0.15, 0.2) is 48.5 Å². The van der Waals surface area contributed by atoms with Gasteiger partial charge in [0.25, 0.3) is 0 Å². The van der Waals surface area contributed by atoms with Crippen molar-refractivity contribution in [2.45, 2.75) is 38.5 Å². The molecule has 4 heteroatoms. The highest BCUT2D eigenvalue weighted by Crippen LogP contribution is 2.33. The van der Waals surface area contributed by atoms with Gasteiger partial charge in [-0.2, -0.15) is 5.10 Å². The van der Waals surface area contributed by atoms with Crippen LogP contribution in [0.2, 0.25) is 0 Å². The first-order valence-electron chi connectivity index (χ1n) is 9.52. The van der Waals surface area contributed by atoms with Crippen LogP contribution >= 0.6 is 0 Å². The van der Waals surface area contributed by atoms with Gasteiger partial charge in [-0.15, -0.1) is 0 Å². The van der Waals surface area contributed by atoms with Crippen molar-refractivity contribution >= 4 is 0 Å². The highest BCUT2D eigenvalue weighted by molar-refractivity contribution is 5.54. The first-order chi connectivity index (χ1) is 12.7. The van der Waals surface area contributed by atoms with Gasteiger partial charge in [-0.1, -0.05) is 37.3 Å². The molecule has 0 spiro atoms. The molecule has 1 aromatic carbocycles. The Kier molecular flexibility index (Phi) is 4.85. The Morgan fingerprint density at radius 2 is 1.81 bits per heavy atom. The van der Waals surface area contributed by atoms with Crippen LogP contribution in [0.1, 0.15) is 47.7 Å². The monoisotopic (exact) mass is 346 g/mol. The standard InChI is InChI=1S/C22H26N4/c1-3-16-7-9-17(10-8-16)18-11-19(14-23-13-18)21-12-22(26-25-21)20-6-4-5-15(2)24-20/h4-10,12,18-19,23H,3,11,13-14H2,1-2H3,(H,25,26). The van der Waals surface area contributed by atoms with E-state index >= 15 is 0 Å². The fourth-order valence-corrected chi connectivity index (χ4v) is 3.82. The summed E-state index contributed by atoms with van der Waals surface area (Å²) in [5.74, 6) is 0.995. The van der Waals surface area contributed by atoms with E-state index in [1.54, 1.807) is 0 Å². The highest BCUT2D eigenvalue weighted by Gasteiger charge is 2.25. The first kappa shape index (κ1) is 17.0. The van der Waals surface area contributed by atoms with E-state index in [4.69, 9.17) is 0 Å². The second kappa shape index (κ2) is 7.42. The third kappa shape index (κ3) is 3.56. The van der Waals surface area contributed by atoms with Crippen molar-refractivity contribution < 1.29 is 0 Å². The average Bonchev–Trinajstić information content (AvgIpc) is 3.19. The number of hydrogen-bond acceptors (Lipinski definition) is 3. The van der Waals surface area contributed by atoms with Gasteiger partial charge in [0.05, 0.1) is 5.69 Å². The molecule has 0 bridgehead atoms. The molecule has 4 nitrogen and oxygen atoms in total. The lowest BCUT2D eigenvalue weighted by atomic mass is 9.83. The molecule has 0 radical (unpaired) electrons. The van der Waals surface area contributed by atoms with Gasteiger partial charge in [0.15, 0.2) is 0 Å². The number of rotatable bonds is 4. The Labute approximate surface area is 155 Å². The summed E-state index contributed by atoms with van der Waals surface area (Å²) in [5.41, 5.74) is 6.91. The molecule has 2 unspecified atom stereocenters. The Morgan fingerprint density at radius 1 is 1.00 bits per heavy atom. The number of hydrogen-bond donors (Lipinski definition) is 2. The van der Waals surface area contributed by atoms with Crippen molar-refractivity contribution in [1.82, 2.24) is 20.5 Å². The van der Waals surface area contributed by atoms with Gasteiger partial charge in [-0.25, -0.2) is 0 Å². The second-order valence-electron chi connectivity index (χ2n) is 7.26. The molecular weight excluding hydrogens is 320 g/mol. The molecular formula is C22H26N4. The van der Waals surface area contributed by atoms with E-state index < -0.39 is 0 Å². The van der Waals surface area contributed by atoms with E-state index in [0.29, 0.717) is 11.8 Å². The van der Waals surface area contributed by atoms with Crippen LogP contribution < -0.4 is 5.32 Å². The van der Waals surface area contributed by atoms with Crippen LogP contribution in [0.3, 0.4) is 0 Å². The first-order valence-corrected chi connectivity index (χ1v) is 9.52. The topological polar surface area (TPSA) is 53.6 Å². The number of pyridine rings is 1. The van der Waals surface area contributed by atoms with Crippen molar-refractivity contribution in [3.05, 3.63) is 71.0 Å². The summed E-state index contributed by atoms with van der Waals surface area (Å²) in [6.45, 7) is 6.25. The Bertz CT molecular complexity index is 866. The maximum atomic E-state index is 4.58. The Balaban J connectivity index is 1.51. The summed E-state index contributed by atoms with van der Waals surface area (Å²) < 4.78 is 0. The maximum Gasteiger partial charge on any atom is 0.111 e. The molecule has 1 aliphatic heterocycles. The Morgan fingerprint density at radius 3 is 2.58 bits per heavy atom. The summed E-state index contributed by atoms with van der Waals surface area (Å²) >= 11 is 0. The quantitative estimate of drug-likeness (QED) is 0.744. The molecule has 0 aliphatic carbocycles. The van der Waals surface area contributed by atoms with E-state index in [-0.39, 0.29) is 0 Å². The van der Waals surface area contributed by atoms with E-state index in [1.807, 2.05) is 25.1 Å². The number of aromatic amines is 1. The summed E-state index contributed by atoms with van der Waals surface area (Å²) in [7, 11) is 0. The van der Waals surface area contributed by atoms with Gasteiger partial charge >= 0.3 is 0 Å². The lowest BCUT2D eigenvalue weighted by Gasteiger charge is -2.29. The van der Waals surface area contributed by atoms with Crippen molar-refractivity contribution in [2.24, 2.45) is 0 Å². The van der Waals surface area contributed by atoms with Crippen molar-refractivity contribution in [3.63, 3.8) is 0 Å². The van der Waals surface area contributed by atoms with Crippen LogP contribution in [-0.2, 0) is 6.42 Å². The SMILES string of the molecule is CCc1ccc(C2CNCC(c3cc(-c4cccc(C)n4)n[nH]3)C2)cc1. The summed E-state index contributed by atoms with van der Waals surface area (Å²) in [5, 5.41) is 11.4. The molecule has 1 saturated heterocycles. The number of piperidine rings is 1. The number of aryl methyl sites for hydroxylation is 2. The van der Waals surface area contributed by atoms with Gasteiger partial charge in [-0.05, 0) is 55.0 Å². The molecule has 26 heavy (non-hydrogen) atoms. The molecule has 2 atom stereocenters. The Hall–Kier alpha value is -2.46. The minimum Gasteiger partial charge on any atom is -0.315 e. The fourth-order valence-electron chi connectivity index (χ4n) is 3.82. The third-order valence-electron chi connectivity index (χ3n) is 5.40. The van der Waals surface area contributed by atoms with Crippen LogP contribution in [0, 0.1) is 6.92 Å². The summed E-state index contributed by atoms with van der Waals surface area (Å²) in [6, 6.07) is 17.3. The second-order valence-corrected chi connectivity index (χ2v) is 7.26. The van der Waals surface area contributed by atoms with Crippen molar-refractivity contribution in [1.29, 1.82) is 0 Å². The highest BCUT2D eigenvalue weighted by atomic mass is 15.1. The predicted octanol–water partition coefficient (Wildman–Crippen LogP) is 4.20. The summed E-state index contributed by atoms with van der Waals surface area (Å²) in [4.78, 5) is 4.58. The van der Waals surface area contributed by atoms with Gasteiger partial charge in [0, 0.05) is 30.4 Å². The molecule has 4 rings (SSSR count). The molecule has 0 amide bonds. The van der Waals surface area contributed by atoms with E-state index in [1.165, 1.54) is 16.8 Å². The van der Waals surface area contributed by atoms with Crippen LogP contribution in [0.4, 0.5) is 0 Å². The normalized spacial score (nSPS) is 20.2. The van der Waals surface area contributed by atoms with Crippen LogP contribution in [0.25, 0.3) is 11.4 Å². The lowest BCUT2D eigenvalue weighted by Crippen LogP contribution is -2.34. The van der Waals surface area contributed by atoms with E-state index in [9.17, 15) is 0 Å². The zero-order valence-corrected chi connectivity index (χ0v) is 15.5. The number of H-pyrrole nitrogens is 1. The minimum absolute atomic E-state index is 0.450. The third-order valence-corrected chi connectivity index (χ3v) is 5.40. The molecule has 2 N–H and O–H groups in total. The number of aromatic nitrogens is 3. The molecule has 134 valence electrons. The molecule has 3 aromatic rings.